The first-order chi connectivity index (χ1) is 12.1. The van der Waals surface area contributed by atoms with Crippen molar-refractivity contribution < 1.29 is 9.53 Å². The van der Waals surface area contributed by atoms with Gasteiger partial charge < -0.3 is 15.8 Å². The highest BCUT2D eigenvalue weighted by molar-refractivity contribution is 6.30. The third kappa shape index (κ3) is 5.05. The average Bonchev–Trinajstić information content (AvgIpc) is 3.02. The van der Waals surface area contributed by atoms with Crippen molar-refractivity contribution in [1.29, 1.82) is 0 Å². The molecule has 0 saturated heterocycles. The zero-order valence-electron chi connectivity index (χ0n) is 13.3. The van der Waals surface area contributed by atoms with Gasteiger partial charge in [0.15, 0.2) is 0 Å². The van der Waals surface area contributed by atoms with E-state index in [4.69, 9.17) is 22.1 Å². The Bertz CT molecular complexity index is 763. The highest BCUT2D eigenvalue weighted by Crippen LogP contribution is 2.15. The number of aliphatic imine (C=N–C) groups is 1. The summed E-state index contributed by atoms with van der Waals surface area (Å²) in [7, 11) is 0. The van der Waals surface area contributed by atoms with Crippen molar-refractivity contribution in [2.24, 2.45) is 10.7 Å². The van der Waals surface area contributed by atoms with Gasteiger partial charge in [-0.1, -0.05) is 23.7 Å². The summed E-state index contributed by atoms with van der Waals surface area (Å²) in [6.07, 6.45) is 4.54. The van der Waals surface area contributed by atoms with Crippen LogP contribution in [0.2, 0.25) is 5.02 Å². The van der Waals surface area contributed by atoms with E-state index in [1.807, 2.05) is 24.3 Å². The molecule has 2 amide bonds. The number of amides is 2. The third-order valence-corrected chi connectivity index (χ3v) is 3.75. The molecule has 0 saturated carbocycles. The second kappa shape index (κ2) is 7.80. The smallest absolute Gasteiger partial charge is 0.326 e. The van der Waals surface area contributed by atoms with Crippen LogP contribution in [0, 0.1) is 0 Å². The molecule has 0 aliphatic carbocycles. The monoisotopic (exact) mass is 360 g/mol. The quantitative estimate of drug-likeness (QED) is 0.757. The van der Waals surface area contributed by atoms with E-state index in [1.54, 1.807) is 0 Å². The lowest BCUT2D eigenvalue weighted by Crippen LogP contribution is -2.20. The Labute approximate surface area is 149 Å². The molecular weight excluding hydrogens is 344 g/mol. The standard InChI is InChI=1S/C16H17ClN6O2/c17-11-7-19-15(20-8-11)23-16(24)22-12-4-1-10(2-5-12)3-6-13-9-25-14(18)21-13/h1-2,4-5,7-8,13H,3,6,9H2,(H2,18,21)(H2,19,20,22,23,24). The summed E-state index contributed by atoms with van der Waals surface area (Å²) in [6.45, 7) is 0.540. The molecule has 25 heavy (non-hydrogen) atoms. The van der Waals surface area contributed by atoms with E-state index in [0.717, 1.165) is 18.4 Å². The van der Waals surface area contributed by atoms with Crippen molar-refractivity contribution in [3.63, 3.8) is 0 Å². The first-order valence-corrected chi connectivity index (χ1v) is 8.07. The van der Waals surface area contributed by atoms with Crippen LogP contribution in [-0.4, -0.2) is 34.7 Å². The third-order valence-electron chi connectivity index (χ3n) is 3.56. The zero-order chi connectivity index (χ0) is 17.6. The molecule has 1 unspecified atom stereocenters. The van der Waals surface area contributed by atoms with Gasteiger partial charge in [0.05, 0.1) is 23.5 Å². The van der Waals surface area contributed by atoms with E-state index < -0.39 is 6.03 Å². The van der Waals surface area contributed by atoms with E-state index in [0.29, 0.717) is 17.3 Å². The van der Waals surface area contributed by atoms with Gasteiger partial charge in [-0.15, -0.1) is 0 Å². The number of carbonyl (C=O) groups is 1. The number of aryl methyl sites for hydroxylation is 1. The molecule has 0 fully saturated rings. The number of nitrogens with two attached hydrogens (primary N) is 1. The topological polar surface area (TPSA) is 115 Å². The number of carbonyl (C=O) groups excluding carboxylic acids is 1. The van der Waals surface area contributed by atoms with Crippen LogP contribution < -0.4 is 16.4 Å². The molecule has 0 bridgehead atoms. The SMILES string of the molecule is NC1=NC(CCc2ccc(NC(=O)Nc3ncc(Cl)cn3)cc2)CO1. The van der Waals surface area contributed by atoms with Crippen LogP contribution in [-0.2, 0) is 11.2 Å². The molecule has 4 N–H and O–H groups in total. The first kappa shape index (κ1) is 17.0. The molecule has 1 aromatic heterocycles. The number of urea groups is 1. The van der Waals surface area contributed by atoms with E-state index >= 15 is 0 Å². The Hall–Kier alpha value is -2.87. The van der Waals surface area contributed by atoms with Crippen molar-refractivity contribution in [2.45, 2.75) is 18.9 Å². The highest BCUT2D eigenvalue weighted by atomic mass is 35.5. The molecule has 1 atom stereocenters. The lowest BCUT2D eigenvalue weighted by molar-refractivity contribution is 0.262. The Morgan fingerprint density at radius 3 is 2.60 bits per heavy atom. The number of benzene rings is 1. The number of nitrogens with zero attached hydrogens (tertiary/aromatic N) is 3. The summed E-state index contributed by atoms with van der Waals surface area (Å²) < 4.78 is 5.13. The molecule has 8 nitrogen and oxygen atoms in total. The summed E-state index contributed by atoms with van der Waals surface area (Å²) in [5, 5.41) is 5.64. The molecule has 130 valence electrons. The van der Waals surface area contributed by atoms with Crippen molar-refractivity contribution >= 4 is 35.3 Å². The minimum Gasteiger partial charge on any atom is -0.463 e. The number of ether oxygens (including phenoxy) is 1. The number of aromatic nitrogens is 2. The van der Waals surface area contributed by atoms with E-state index in [1.165, 1.54) is 12.4 Å². The summed E-state index contributed by atoms with van der Waals surface area (Å²) in [5.41, 5.74) is 7.30. The van der Waals surface area contributed by atoms with Gasteiger partial charge in [0.1, 0.15) is 6.61 Å². The summed E-state index contributed by atoms with van der Waals surface area (Å²) in [6, 6.07) is 7.53. The van der Waals surface area contributed by atoms with Crippen LogP contribution >= 0.6 is 11.6 Å². The Balaban J connectivity index is 1.48. The second-order valence-electron chi connectivity index (χ2n) is 5.47. The summed E-state index contributed by atoms with van der Waals surface area (Å²) in [5.74, 6) is 0.178. The van der Waals surface area contributed by atoms with Crippen LogP contribution in [0.5, 0.6) is 0 Å². The molecule has 9 heteroatoms. The number of nitrogens with one attached hydrogen (secondary N) is 2. The fourth-order valence-corrected chi connectivity index (χ4v) is 2.41. The Morgan fingerprint density at radius 1 is 1.24 bits per heavy atom. The van der Waals surface area contributed by atoms with Crippen molar-refractivity contribution in [2.75, 3.05) is 17.2 Å². The van der Waals surface area contributed by atoms with Gasteiger partial charge in [0, 0.05) is 5.69 Å². The minimum absolute atomic E-state index is 0.114. The van der Waals surface area contributed by atoms with Crippen LogP contribution in [0.1, 0.15) is 12.0 Å². The molecular formula is C16H17ClN6O2. The Kier molecular flexibility index (Phi) is 5.30. The second-order valence-corrected chi connectivity index (χ2v) is 5.91. The van der Waals surface area contributed by atoms with Gasteiger partial charge in [0.25, 0.3) is 6.02 Å². The molecule has 0 spiro atoms. The number of amidine groups is 1. The van der Waals surface area contributed by atoms with Crippen LogP contribution in [0.4, 0.5) is 16.4 Å². The van der Waals surface area contributed by atoms with Gasteiger partial charge in [-0.25, -0.2) is 19.8 Å². The Morgan fingerprint density at radius 2 is 1.96 bits per heavy atom. The van der Waals surface area contributed by atoms with Crippen LogP contribution in [0.25, 0.3) is 0 Å². The number of anilines is 2. The molecule has 1 aliphatic rings. The molecule has 1 aliphatic heterocycles. The normalized spacial score (nSPS) is 16.0. The minimum atomic E-state index is -0.428. The molecule has 1 aromatic carbocycles. The van der Waals surface area contributed by atoms with Crippen LogP contribution in [0.15, 0.2) is 41.7 Å². The average molecular weight is 361 g/mol. The molecule has 3 rings (SSSR count). The maximum absolute atomic E-state index is 11.9. The van der Waals surface area contributed by atoms with Crippen molar-refractivity contribution in [3.8, 4) is 0 Å². The van der Waals surface area contributed by atoms with Crippen LogP contribution in [0.3, 0.4) is 0 Å². The summed E-state index contributed by atoms with van der Waals surface area (Å²) >= 11 is 5.69. The number of halogens is 1. The fraction of sp³-hybridized carbons (Fsp3) is 0.250. The largest absolute Gasteiger partial charge is 0.463 e. The van der Waals surface area contributed by atoms with Gasteiger partial charge in [-0.3, -0.25) is 5.32 Å². The van der Waals surface area contributed by atoms with Gasteiger partial charge in [0.2, 0.25) is 5.95 Å². The van der Waals surface area contributed by atoms with E-state index in [-0.39, 0.29) is 18.0 Å². The van der Waals surface area contributed by atoms with E-state index in [9.17, 15) is 4.79 Å². The van der Waals surface area contributed by atoms with Gasteiger partial charge >= 0.3 is 6.03 Å². The zero-order valence-corrected chi connectivity index (χ0v) is 14.0. The van der Waals surface area contributed by atoms with Gasteiger partial charge in [-0.05, 0) is 30.5 Å². The van der Waals surface area contributed by atoms with Gasteiger partial charge in [-0.2, -0.15) is 0 Å². The molecule has 2 heterocycles. The molecule has 0 radical (unpaired) electrons. The van der Waals surface area contributed by atoms with E-state index in [2.05, 4.69) is 25.6 Å². The number of hydrogen-bond donors (Lipinski definition) is 3. The lowest BCUT2D eigenvalue weighted by atomic mass is 10.1. The predicted octanol–water partition coefficient (Wildman–Crippen LogP) is 2.42. The van der Waals surface area contributed by atoms with Crippen molar-refractivity contribution in [1.82, 2.24) is 9.97 Å². The van der Waals surface area contributed by atoms with Crippen molar-refractivity contribution in [3.05, 3.63) is 47.2 Å². The summed E-state index contributed by atoms with van der Waals surface area (Å²) in [4.78, 5) is 23.9. The highest BCUT2D eigenvalue weighted by Gasteiger charge is 2.16. The maximum atomic E-state index is 11.9. The first-order valence-electron chi connectivity index (χ1n) is 7.69. The predicted molar refractivity (Wildman–Crippen MR) is 95.8 cm³/mol. The number of hydrogen-bond acceptors (Lipinski definition) is 6. The fourth-order valence-electron chi connectivity index (χ4n) is 2.31. The maximum Gasteiger partial charge on any atom is 0.326 e. The number of rotatable bonds is 5. The lowest BCUT2D eigenvalue weighted by Gasteiger charge is -2.08. The molecule has 2 aromatic rings.